The van der Waals surface area contributed by atoms with Crippen molar-refractivity contribution in [1.82, 2.24) is 25.3 Å². The van der Waals surface area contributed by atoms with E-state index >= 15 is 0 Å². The SMILES string of the molecule is O=C1C[C@H]2NCC[C@H]2N1CCc1nc(-c2ccccn2)no1. The number of carbonyl (C=O) groups is 1. The molecule has 0 aliphatic carbocycles. The van der Waals surface area contributed by atoms with Gasteiger partial charge in [-0.3, -0.25) is 9.78 Å². The number of likely N-dealkylation sites (tertiary alicyclic amines) is 1. The van der Waals surface area contributed by atoms with Gasteiger partial charge in [0, 0.05) is 37.7 Å². The molecule has 22 heavy (non-hydrogen) atoms. The summed E-state index contributed by atoms with van der Waals surface area (Å²) in [6.07, 6.45) is 3.91. The molecule has 7 heteroatoms. The summed E-state index contributed by atoms with van der Waals surface area (Å²) < 4.78 is 5.27. The lowest BCUT2D eigenvalue weighted by molar-refractivity contribution is -0.129. The number of rotatable bonds is 4. The molecule has 0 unspecified atom stereocenters. The van der Waals surface area contributed by atoms with E-state index in [4.69, 9.17) is 4.52 Å². The summed E-state index contributed by atoms with van der Waals surface area (Å²) in [5.74, 6) is 1.25. The van der Waals surface area contributed by atoms with Crippen molar-refractivity contribution < 1.29 is 9.32 Å². The van der Waals surface area contributed by atoms with Crippen molar-refractivity contribution in [2.75, 3.05) is 13.1 Å². The topological polar surface area (TPSA) is 84.2 Å². The lowest BCUT2D eigenvalue weighted by Crippen LogP contribution is -2.37. The molecular weight excluding hydrogens is 282 g/mol. The number of carbonyl (C=O) groups excluding carboxylic acids is 1. The fourth-order valence-corrected chi connectivity index (χ4v) is 3.29. The van der Waals surface area contributed by atoms with E-state index in [0.717, 1.165) is 13.0 Å². The van der Waals surface area contributed by atoms with E-state index in [1.807, 2.05) is 23.1 Å². The fraction of sp³-hybridized carbons (Fsp3) is 0.467. The predicted molar refractivity (Wildman–Crippen MR) is 77.8 cm³/mol. The maximum absolute atomic E-state index is 12.0. The van der Waals surface area contributed by atoms with Gasteiger partial charge in [0.2, 0.25) is 17.6 Å². The van der Waals surface area contributed by atoms with Gasteiger partial charge in [-0.1, -0.05) is 11.2 Å². The number of hydrogen-bond donors (Lipinski definition) is 1. The molecule has 0 aromatic carbocycles. The van der Waals surface area contributed by atoms with Crippen molar-refractivity contribution in [1.29, 1.82) is 0 Å². The number of nitrogens with one attached hydrogen (secondary N) is 1. The monoisotopic (exact) mass is 299 g/mol. The van der Waals surface area contributed by atoms with Crippen molar-refractivity contribution in [2.24, 2.45) is 0 Å². The van der Waals surface area contributed by atoms with Gasteiger partial charge >= 0.3 is 0 Å². The predicted octanol–water partition coefficient (Wildman–Crippen LogP) is 0.637. The highest BCUT2D eigenvalue weighted by Crippen LogP contribution is 2.26. The van der Waals surface area contributed by atoms with E-state index in [1.165, 1.54) is 0 Å². The van der Waals surface area contributed by atoms with Crippen LogP contribution in [0.5, 0.6) is 0 Å². The number of amides is 1. The Morgan fingerprint density at radius 2 is 2.36 bits per heavy atom. The first-order chi connectivity index (χ1) is 10.8. The van der Waals surface area contributed by atoms with Crippen LogP contribution in [0.3, 0.4) is 0 Å². The molecule has 0 spiro atoms. The second kappa shape index (κ2) is 5.49. The van der Waals surface area contributed by atoms with E-state index in [0.29, 0.717) is 48.9 Å². The molecule has 114 valence electrons. The van der Waals surface area contributed by atoms with Crippen LogP contribution in [0.2, 0.25) is 0 Å². The van der Waals surface area contributed by atoms with Gasteiger partial charge in [-0.25, -0.2) is 0 Å². The van der Waals surface area contributed by atoms with E-state index in [1.54, 1.807) is 6.20 Å². The molecule has 4 heterocycles. The van der Waals surface area contributed by atoms with E-state index in [-0.39, 0.29) is 5.91 Å². The van der Waals surface area contributed by atoms with Gasteiger partial charge in [0.15, 0.2) is 0 Å². The van der Waals surface area contributed by atoms with Crippen LogP contribution in [0.4, 0.5) is 0 Å². The Morgan fingerprint density at radius 1 is 1.41 bits per heavy atom. The smallest absolute Gasteiger partial charge is 0.228 e. The Kier molecular flexibility index (Phi) is 3.34. The third kappa shape index (κ3) is 2.37. The number of hydrogen-bond acceptors (Lipinski definition) is 6. The van der Waals surface area contributed by atoms with Gasteiger partial charge in [0.1, 0.15) is 5.69 Å². The van der Waals surface area contributed by atoms with Crippen molar-refractivity contribution >= 4 is 5.91 Å². The van der Waals surface area contributed by atoms with Crippen molar-refractivity contribution in [2.45, 2.75) is 31.3 Å². The average molecular weight is 299 g/mol. The Morgan fingerprint density at radius 3 is 3.23 bits per heavy atom. The highest BCUT2D eigenvalue weighted by molar-refractivity contribution is 5.80. The molecule has 4 rings (SSSR count). The van der Waals surface area contributed by atoms with Crippen LogP contribution in [0.25, 0.3) is 11.5 Å². The maximum Gasteiger partial charge on any atom is 0.228 e. The van der Waals surface area contributed by atoms with Gasteiger partial charge in [-0.15, -0.1) is 0 Å². The Labute approximate surface area is 127 Å². The molecule has 7 nitrogen and oxygen atoms in total. The molecule has 2 aromatic rings. The van der Waals surface area contributed by atoms with Crippen LogP contribution in [0, 0.1) is 0 Å². The van der Waals surface area contributed by atoms with Gasteiger partial charge in [0.05, 0.1) is 0 Å². The first-order valence-corrected chi connectivity index (χ1v) is 7.58. The summed E-state index contributed by atoms with van der Waals surface area (Å²) >= 11 is 0. The number of pyridine rings is 1. The lowest BCUT2D eigenvalue weighted by atomic mass is 10.1. The zero-order chi connectivity index (χ0) is 14.9. The Hall–Kier alpha value is -2.28. The molecule has 2 aliphatic heterocycles. The summed E-state index contributed by atoms with van der Waals surface area (Å²) in [4.78, 5) is 22.6. The summed E-state index contributed by atoms with van der Waals surface area (Å²) in [5.41, 5.74) is 0.690. The summed E-state index contributed by atoms with van der Waals surface area (Å²) in [6, 6.07) is 6.21. The third-order valence-corrected chi connectivity index (χ3v) is 4.35. The average Bonchev–Trinajstić information content (AvgIpc) is 3.23. The quantitative estimate of drug-likeness (QED) is 0.892. The summed E-state index contributed by atoms with van der Waals surface area (Å²) in [7, 11) is 0. The Balaban J connectivity index is 1.42. The Bertz CT molecular complexity index is 672. The number of aromatic nitrogens is 3. The van der Waals surface area contributed by atoms with E-state index in [9.17, 15) is 4.79 Å². The molecule has 2 atom stereocenters. The molecule has 2 aromatic heterocycles. The molecule has 0 bridgehead atoms. The van der Waals surface area contributed by atoms with Gasteiger partial charge in [0.25, 0.3) is 0 Å². The first-order valence-electron chi connectivity index (χ1n) is 7.58. The molecule has 0 saturated carbocycles. The second-order valence-corrected chi connectivity index (χ2v) is 5.68. The van der Waals surface area contributed by atoms with Crippen molar-refractivity contribution in [3.63, 3.8) is 0 Å². The van der Waals surface area contributed by atoms with E-state index in [2.05, 4.69) is 20.4 Å². The molecule has 1 N–H and O–H groups in total. The second-order valence-electron chi connectivity index (χ2n) is 5.68. The van der Waals surface area contributed by atoms with Crippen LogP contribution in [0.15, 0.2) is 28.9 Å². The van der Waals surface area contributed by atoms with E-state index < -0.39 is 0 Å². The van der Waals surface area contributed by atoms with Gasteiger partial charge < -0.3 is 14.7 Å². The molecular formula is C15H17N5O2. The third-order valence-electron chi connectivity index (χ3n) is 4.35. The highest BCUT2D eigenvalue weighted by atomic mass is 16.5. The van der Waals surface area contributed by atoms with Crippen molar-refractivity contribution in [3.05, 3.63) is 30.3 Å². The minimum atomic E-state index is 0.215. The summed E-state index contributed by atoms with van der Waals surface area (Å²) in [5, 5.41) is 7.33. The highest BCUT2D eigenvalue weighted by Gasteiger charge is 2.42. The molecule has 2 saturated heterocycles. The van der Waals surface area contributed by atoms with Crippen LogP contribution < -0.4 is 5.32 Å². The van der Waals surface area contributed by atoms with Gasteiger partial charge in [-0.05, 0) is 25.1 Å². The molecule has 0 radical (unpaired) electrons. The lowest BCUT2D eigenvalue weighted by Gasteiger charge is -2.22. The van der Waals surface area contributed by atoms with Crippen LogP contribution in [-0.2, 0) is 11.2 Å². The van der Waals surface area contributed by atoms with Crippen LogP contribution in [0.1, 0.15) is 18.7 Å². The molecule has 1 amide bonds. The molecule has 2 aliphatic rings. The zero-order valence-electron chi connectivity index (χ0n) is 12.1. The van der Waals surface area contributed by atoms with Crippen molar-refractivity contribution in [3.8, 4) is 11.5 Å². The largest absolute Gasteiger partial charge is 0.339 e. The fourth-order valence-electron chi connectivity index (χ4n) is 3.29. The first kappa shape index (κ1) is 13.4. The molecule has 2 fully saturated rings. The normalized spacial score (nSPS) is 24.0. The standard InChI is InChI=1S/C15H17N5O2/c21-14-9-11-12(4-7-17-11)20(14)8-5-13-18-15(19-22-13)10-3-1-2-6-16-10/h1-3,6,11-12,17H,4-5,7-9H2/t11-,12-/m1/s1. The van der Waals surface area contributed by atoms with Crippen LogP contribution in [-0.4, -0.2) is 51.1 Å². The maximum atomic E-state index is 12.0. The minimum Gasteiger partial charge on any atom is -0.339 e. The van der Waals surface area contributed by atoms with Crippen LogP contribution >= 0.6 is 0 Å². The minimum absolute atomic E-state index is 0.215. The summed E-state index contributed by atoms with van der Waals surface area (Å²) in [6.45, 7) is 1.62. The number of nitrogens with zero attached hydrogens (tertiary/aromatic N) is 4. The zero-order valence-corrected chi connectivity index (χ0v) is 12.1. The number of fused-ring (bicyclic) bond motifs is 1. The van der Waals surface area contributed by atoms with Gasteiger partial charge in [-0.2, -0.15) is 4.98 Å².